The van der Waals surface area contributed by atoms with E-state index in [2.05, 4.69) is 5.32 Å². The van der Waals surface area contributed by atoms with Crippen LogP contribution in [0.1, 0.15) is 5.56 Å². The van der Waals surface area contributed by atoms with Crippen molar-refractivity contribution in [2.24, 2.45) is 0 Å². The molecule has 0 bridgehead atoms. The molecule has 0 aromatic heterocycles. The minimum absolute atomic E-state index is 0.393. The number of benzene rings is 1. The van der Waals surface area contributed by atoms with Crippen LogP contribution < -0.4 is 5.32 Å². The lowest BCUT2D eigenvalue weighted by Crippen LogP contribution is -2.11. The highest BCUT2D eigenvalue weighted by atomic mass is 32.1. The monoisotopic (exact) mass is 181 g/mol. The van der Waals surface area contributed by atoms with Crippen molar-refractivity contribution in [3.05, 3.63) is 29.8 Å². The van der Waals surface area contributed by atoms with Crippen LogP contribution >= 0.6 is 12.2 Å². The van der Waals surface area contributed by atoms with Crippen LogP contribution in [-0.2, 0) is 4.74 Å². The summed E-state index contributed by atoms with van der Waals surface area (Å²) in [5.41, 5.74) is 2.14. The van der Waals surface area contributed by atoms with E-state index >= 15 is 0 Å². The number of anilines is 1. The predicted octanol–water partition coefficient (Wildman–Crippen LogP) is 2.34. The van der Waals surface area contributed by atoms with Crippen LogP contribution in [0.2, 0.25) is 0 Å². The summed E-state index contributed by atoms with van der Waals surface area (Å²) in [5.74, 6) is 0. The fourth-order valence-electron chi connectivity index (χ4n) is 0.874. The third-order valence-electron chi connectivity index (χ3n) is 1.57. The topological polar surface area (TPSA) is 21.3 Å². The van der Waals surface area contributed by atoms with E-state index in [1.165, 1.54) is 0 Å². The van der Waals surface area contributed by atoms with Crippen molar-refractivity contribution >= 4 is 23.1 Å². The summed E-state index contributed by atoms with van der Waals surface area (Å²) in [4.78, 5) is 0. The van der Waals surface area contributed by atoms with Gasteiger partial charge in [-0.15, -0.1) is 0 Å². The van der Waals surface area contributed by atoms with Crippen LogP contribution in [0, 0.1) is 6.92 Å². The molecule has 12 heavy (non-hydrogen) atoms. The molecule has 0 aliphatic carbocycles. The summed E-state index contributed by atoms with van der Waals surface area (Å²) in [6.45, 7) is 2.01. The Morgan fingerprint density at radius 3 is 2.67 bits per heavy atom. The summed E-state index contributed by atoms with van der Waals surface area (Å²) in [6, 6.07) is 7.91. The fourth-order valence-corrected chi connectivity index (χ4v) is 0.984. The average Bonchev–Trinajstić information content (AvgIpc) is 2.09. The molecule has 0 spiro atoms. The van der Waals surface area contributed by atoms with Crippen LogP contribution in [0.15, 0.2) is 24.3 Å². The number of aryl methyl sites for hydroxylation is 1. The SMILES string of the molecule is COC(=S)Nc1ccccc1C. The van der Waals surface area contributed by atoms with Gasteiger partial charge in [-0.25, -0.2) is 0 Å². The van der Waals surface area contributed by atoms with Crippen LogP contribution in [0.5, 0.6) is 0 Å². The molecule has 1 aromatic rings. The molecular formula is C9H11NOS. The first-order valence-corrected chi connectivity index (χ1v) is 4.05. The molecular weight excluding hydrogens is 170 g/mol. The molecule has 64 valence electrons. The van der Waals surface area contributed by atoms with E-state index in [1.807, 2.05) is 31.2 Å². The summed E-state index contributed by atoms with van der Waals surface area (Å²) in [7, 11) is 1.55. The van der Waals surface area contributed by atoms with E-state index in [9.17, 15) is 0 Å². The van der Waals surface area contributed by atoms with Gasteiger partial charge in [-0.1, -0.05) is 18.2 Å². The highest BCUT2D eigenvalue weighted by Gasteiger charge is 1.97. The Morgan fingerprint density at radius 2 is 2.08 bits per heavy atom. The summed E-state index contributed by atoms with van der Waals surface area (Å²) in [5, 5.41) is 3.36. The third kappa shape index (κ3) is 2.20. The van der Waals surface area contributed by atoms with Gasteiger partial charge in [0.25, 0.3) is 5.17 Å². The normalized spacial score (nSPS) is 9.17. The maximum Gasteiger partial charge on any atom is 0.260 e. The van der Waals surface area contributed by atoms with E-state index < -0.39 is 0 Å². The number of rotatable bonds is 1. The fraction of sp³-hybridized carbons (Fsp3) is 0.222. The number of para-hydroxylation sites is 1. The van der Waals surface area contributed by atoms with Crippen LogP contribution in [0.25, 0.3) is 0 Å². The lowest BCUT2D eigenvalue weighted by Gasteiger charge is -2.07. The lowest BCUT2D eigenvalue weighted by atomic mass is 10.2. The van der Waals surface area contributed by atoms with E-state index in [0.29, 0.717) is 5.17 Å². The van der Waals surface area contributed by atoms with E-state index in [1.54, 1.807) is 7.11 Å². The summed E-state index contributed by atoms with van der Waals surface area (Å²) < 4.78 is 4.83. The Balaban J connectivity index is 2.75. The second kappa shape index (κ2) is 4.07. The van der Waals surface area contributed by atoms with Gasteiger partial charge in [0.2, 0.25) is 0 Å². The molecule has 0 aliphatic heterocycles. The van der Waals surface area contributed by atoms with Gasteiger partial charge in [0, 0.05) is 5.69 Å². The number of hydrogen-bond donors (Lipinski definition) is 1. The first-order chi connectivity index (χ1) is 5.74. The van der Waals surface area contributed by atoms with Gasteiger partial charge in [-0.3, -0.25) is 0 Å². The highest BCUT2D eigenvalue weighted by molar-refractivity contribution is 7.80. The number of nitrogens with one attached hydrogen (secondary N) is 1. The predicted molar refractivity (Wildman–Crippen MR) is 54.4 cm³/mol. The zero-order valence-corrected chi connectivity index (χ0v) is 7.94. The maximum atomic E-state index is 4.86. The van der Waals surface area contributed by atoms with Crippen molar-refractivity contribution in [1.29, 1.82) is 0 Å². The Hall–Kier alpha value is -1.09. The Kier molecular flexibility index (Phi) is 3.05. The van der Waals surface area contributed by atoms with Crippen molar-refractivity contribution in [2.75, 3.05) is 12.4 Å². The summed E-state index contributed by atoms with van der Waals surface area (Å²) in [6.07, 6.45) is 0. The highest BCUT2D eigenvalue weighted by Crippen LogP contribution is 2.12. The van der Waals surface area contributed by atoms with Crippen molar-refractivity contribution in [2.45, 2.75) is 6.92 Å². The molecule has 0 atom stereocenters. The second-order valence-corrected chi connectivity index (χ2v) is 2.80. The first-order valence-electron chi connectivity index (χ1n) is 3.64. The largest absolute Gasteiger partial charge is 0.474 e. The van der Waals surface area contributed by atoms with Gasteiger partial charge in [-0.05, 0) is 30.8 Å². The number of ether oxygens (including phenoxy) is 1. The van der Waals surface area contributed by atoms with E-state index in [0.717, 1.165) is 11.3 Å². The Labute approximate surface area is 77.5 Å². The van der Waals surface area contributed by atoms with Crippen molar-refractivity contribution < 1.29 is 4.74 Å². The molecule has 1 aromatic carbocycles. The lowest BCUT2D eigenvalue weighted by molar-refractivity contribution is 0.413. The molecule has 0 saturated heterocycles. The standard InChI is InChI=1S/C9H11NOS/c1-7-5-3-4-6-8(7)10-9(12)11-2/h3-6H,1-2H3,(H,10,12). The van der Waals surface area contributed by atoms with Crippen LogP contribution in [0.3, 0.4) is 0 Å². The van der Waals surface area contributed by atoms with E-state index in [4.69, 9.17) is 17.0 Å². The average molecular weight is 181 g/mol. The smallest absolute Gasteiger partial charge is 0.260 e. The molecule has 3 heteroatoms. The van der Waals surface area contributed by atoms with Gasteiger partial charge in [0.05, 0.1) is 7.11 Å². The van der Waals surface area contributed by atoms with Gasteiger partial charge in [0.1, 0.15) is 0 Å². The molecule has 0 unspecified atom stereocenters. The van der Waals surface area contributed by atoms with Gasteiger partial charge in [-0.2, -0.15) is 0 Å². The number of hydrogen-bond acceptors (Lipinski definition) is 2. The number of thiocarbonyl (C=S) groups is 1. The third-order valence-corrected chi connectivity index (χ3v) is 1.84. The van der Waals surface area contributed by atoms with Gasteiger partial charge in [0.15, 0.2) is 0 Å². The molecule has 0 radical (unpaired) electrons. The minimum Gasteiger partial charge on any atom is -0.474 e. The molecule has 0 heterocycles. The molecule has 1 rings (SSSR count). The molecule has 0 amide bonds. The molecule has 2 nitrogen and oxygen atoms in total. The van der Waals surface area contributed by atoms with Crippen molar-refractivity contribution in [1.82, 2.24) is 0 Å². The van der Waals surface area contributed by atoms with Crippen LogP contribution in [0.4, 0.5) is 5.69 Å². The molecule has 1 N–H and O–H groups in total. The van der Waals surface area contributed by atoms with Crippen molar-refractivity contribution in [3.8, 4) is 0 Å². The molecule has 0 aliphatic rings. The van der Waals surface area contributed by atoms with Crippen LogP contribution in [-0.4, -0.2) is 12.3 Å². The van der Waals surface area contributed by atoms with Gasteiger partial charge >= 0.3 is 0 Å². The summed E-state index contributed by atoms with van der Waals surface area (Å²) >= 11 is 4.86. The molecule has 0 saturated carbocycles. The Bertz CT molecular complexity index is 286. The first kappa shape index (κ1) is 9.00. The minimum atomic E-state index is 0.393. The number of methoxy groups -OCH3 is 1. The second-order valence-electron chi connectivity index (χ2n) is 2.43. The maximum absolute atomic E-state index is 4.86. The van der Waals surface area contributed by atoms with E-state index in [-0.39, 0.29) is 0 Å². The van der Waals surface area contributed by atoms with Gasteiger partial charge < -0.3 is 10.1 Å². The molecule has 0 fully saturated rings. The Morgan fingerprint density at radius 1 is 1.42 bits per heavy atom. The van der Waals surface area contributed by atoms with Crippen molar-refractivity contribution in [3.63, 3.8) is 0 Å². The zero-order valence-electron chi connectivity index (χ0n) is 7.13. The quantitative estimate of drug-likeness (QED) is 0.672. The zero-order chi connectivity index (χ0) is 8.97.